The second kappa shape index (κ2) is 14.2. The van der Waals surface area contributed by atoms with Crippen LogP contribution in [0.1, 0.15) is 83.5 Å². The van der Waals surface area contributed by atoms with Crippen LogP contribution in [0.15, 0.2) is 0 Å². The Hall–Kier alpha value is -0.710. The second-order valence-corrected chi connectivity index (χ2v) is 6.30. The normalized spacial score (nSPS) is 12.2. The number of unbranched alkanes of at least 4 members (excludes halogenated alkanes) is 10. The fourth-order valence-electron chi connectivity index (χ4n) is 2.33. The summed E-state index contributed by atoms with van der Waals surface area (Å²) in [5.41, 5.74) is 0. The van der Waals surface area contributed by atoms with Crippen molar-refractivity contribution in [2.45, 2.75) is 88.7 Å². The van der Waals surface area contributed by atoms with E-state index in [1.165, 1.54) is 38.5 Å². The maximum atomic E-state index is 10.6. The van der Waals surface area contributed by atoms with Crippen molar-refractivity contribution in [3.63, 3.8) is 0 Å². The Morgan fingerprint density at radius 2 is 1.10 bits per heavy atom. The highest BCUT2D eigenvalue weighted by atomic mass is 32.1. The van der Waals surface area contributed by atoms with Crippen LogP contribution in [0.5, 0.6) is 0 Å². The van der Waals surface area contributed by atoms with Crippen molar-refractivity contribution < 1.29 is 19.8 Å². The standard InChI is InChI=1S/C16H30O4S/c17-15(18)13-11-9-7-5-3-1-2-4-6-8-10-12-14(21)16(19)20/h14,21H,1-13H2,(H,17,18)(H,19,20)/t14-/m1/s1. The molecule has 0 aliphatic rings. The van der Waals surface area contributed by atoms with E-state index in [0.29, 0.717) is 12.8 Å². The molecule has 0 aliphatic heterocycles. The van der Waals surface area contributed by atoms with E-state index in [0.717, 1.165) is 32.1 Å². The van der Waals surface area contributed by atoms with E-state index in [1.54, 1.807) is 0 Å². The maximum absolute atomic E-state index is 10.6. The van der Waals surface area contributed by atoms with Gasteiger partial charge in [0.05, 0.1) is 5.25 Å². The fourth-order valence-corrected chi connectivity index (χ4v) is 2.51. The number of hydrogen-bond acceptors (Lipinski definition) is 3. The minimum absolute atomic E-state index is 0.301. The average Bonchev–Trinajstić information content (AvgIpc) is 2.43. The molecule has 0 saturated carbocycles. The Morgan fingerprint density at radius 1 is 0.714 bits per heavy atom. The lowest BCUT2D eigenvalue weighted by molar-refractivity contribution is -0.137. The third-order valence-corrected chi connectivity index (χ3v) is 4.13. The van der Waals surface area contributed by atoms with Gasteiger partial charge in [-0.1, -0.05) is 64.2 Å². The summed E-state index contributed by atoms with van der Waals surface area (Å²) < 4.78 is 0. The molecule has 1 atom stereocenters. The Morgan fingerprint density at radius 3 is 1.48 bits per heavy atom. The fraction of sp³-hybridized carbons (Fsp3) is 0.875. The molecule has 0 aromatic carbocycles. The highest BCUT2D eigenvalue weighted by molar-refractivity contribution is 7.81. The van der Waals surface area contributed by atoms with E-state index in [4.69, 9.17) is 10.2 Å². The molecule has 124 valence electrons. The Labute approximate surface area is 133 Å². The van der Waals surface area contributed by atoms with Crippen LogP contribution in [0.2, 0.25) is 0 Å². The first-order valence-corrected chi connectivity index (χ1v) is 8.68. The van der Waals surface area contributed by atoms with Crippen LogP contribution < -0.4 is 0 Å². The highest BCUT2D eigenvalue weighted by Crippen LogP contribution is 2.14. The van der Waals surface area contributed by atoms with Crippen LogP contribution in [0.25, 0.3) is 0 Å². The molecule has 2 N–H and O–H groups in total. The SMILES string of the molecule is O=C(O)CCCCCCCCCCCCC[C@@H](S)C(=O)O. The van der Waals surface area contributed by atoms with Crippen molar-refractivity contribution in [1.29, 1.82) is 0 Å². The molecule has 0 saturated heterocycles. The van der Waals surface area contributed by atoms with Crippen LogP contribution in [0, 0.1) is 0 Å². The van der Waals surface area contributed by atoms with Gasteiger partial charge >= 0.3 is 11.9 Å². The van der Waals surface area contributed by atoms with Crippen LogP contribution >= 0.6 is 12.6 Å². The van der Waals surface area contributed by atoms with Crippen LogP contribution in [-0.2, 0) is 9.59 Å². The number of carboxylic acid groups (broad SMARTS) is 2. The predicted octanol–water partition coefficient (Wildman–Crippen LogP) is 4.53. The van der Waals surface area contributed by atoms with Crippen LogP contribution in [0.4, 0.5) is 0 Å². The molecule has 0 aromatic heterocycles. The molecular weight excluding hydrogens is 288 g/mol. The van der Waals surface area contributed by atoms with Crippen molar-refractivity contribution in [2.24, 2.45) is 0 Å². The van der Waals surface area contributed by atoms with Gasteiger partial charge in [0.15, 0.2) is 0 Å². The molecule has 0 amide bonds. The van der Waals surface area contributed by atoms with Gasteiger partial charge in [-0.3, -0.25) is 9.59 Å². The molecule has 0 spiro atoms. The lowest BCUT2D eigenvalue weighted by Crippen LogP contribution is -2.12. The summed E-state index contributed by atoms with van der Waals surface area (Å²) in [4.78, 5) is 20.9. The van der Waals surface area contributed by atoms with E-state index >= 15 is 0 Å². The number of carboxylic acids is 2. The molecule has 0 bridgehead atoms. The molecular formula is C16H30O4S. The van der Waals surface area contributed by atoms with Crippen molar-refractivity contribution in [2.75, 3.05) is 0 Å². The molecule has 5 heteroatoms. The first kappa shape index (κ1) is 20.3. The van der Waals surface area contributed by atoms with E-state index in [1.807, 2.05) is 0 Å². The van der Waals surface area contributed by atoms with E-state index in [9.17, 15) is 9.59 Å². The van der Waals surface area contributed by atoms with Crippen molar-refractivity contribution >= 4 is 24.6 Å². The molecule has 0 fully saturated rings. The Kier molecular flexibility index (Phi) is 13.8. The summed E-state index contributed by atoms with van der Waals surface area (Å²) in [5.74, 6) is -1.51. The lowest BCUT2D eigenvalue weighted by atomic mass is 10.0. The second-order valence-electron chi connectivity index (χ2n) is 5.68. The maximum Gasteiger partial charge on any atom is 0.316 e. The largest absolute Gasteiger partial charge is 0.481 e. The Balaban J connectivity index is 3.09. The summed E-state index contributed by atoms with van der Waals surface area (Å²) in [5, 5.41) is 16.7. The first-order valence-electron chi connectivity index (χ1n) is 8.16. The van der Waals surface area contributed by atoms with Gasteiger partial charge < -0.3 is 10.2 Å². The topological polar surface area (TPSA) is 74.6 Å². The van der Waals surface area contributed by atoms with Crippen molar-refractivity contribution in [3.8, 4) is 0 Å². The average molecular weight is 318 g/mol. The molecule has 4 nitrogen and oxygen atoms in total. The summed E-state index contributed by atoms with van der Waals surface area (Å²) in [6.07, 6.45) is 13.3. The van der Waals surface area contributed by atoms with Gasteiger partial charge in [-0.05, 0) is 12.8 Å². The molecule has 0 aliphatic carbocycles. The minimum atomic E-state index is -0.818. The Bertz CT molecular complexity index is 281. The van der Waals surface area contributed by atoms with Crippen LogP contribution in [-0.4, -0.2) is 27.4 Å². The summed E-state index contributed by atoms with van der Waals surface area (Å²) >= 11 is 4.01. The molecule has 0 radical (unpaired) electrons. The summed E-state index contributed by atoms with van der Waals surface area (Å²) in [6.45, 7) is 0. The summed E-state index contributed by atoms with van der Waals surface area (Å²) in [6, 6.07) is 0. The van der Waals surface area contributed by atoms with Gasteiger partial charge in [-0.25, -0.2) is 0 Å². The van der Waals surface area contributed by atoms with Gasteiger partial charge in [0, 0.05) is 6.42 Å². The minimum Gasteiger partial charge on any atom is -0.481 e. The quantitative estimate of drug-likeness (QED) is 0.306. The molecule has 0 unspecified atom stereocenters. The lowest BCUT2D eigenvalue weighted by Gasteiger charge is -2.05. The number of hydrogen-bond donors (Lipinski definition) is 3. The zero-order valence-corrected chi connectivity index (χ0v) is 13.8. The third-order valence-electron chi connectivity index (χ3n) is 3.65. The smallest absolute Gasteiger partial charge is 0.316 e. The zero-order valence-electron chi connectivity index (χ0n) is 12.9. The van der Waals surface area contributed by atoms with Gasteiger partial charge in [0.25, 0.3) is 0 Å². The highest BCUT2D eigenvalue weighted by Gasteiger charge is 2.10. The number of rotatable bonds is 15. The van der Waals surface area contributed by atoms with E-state index in [2.05, 4.69) is 12.6 Å². The number of aliphatic carboxylic acids is 2. The van der Waals surface area contributed by atoms with Gasteiger partial charge in [0.1, 0.15) is 0 Å². The molecule has 0 heterocycles. The van der Waals surface area contributed by atoms with Crippen molar-refractivity contribution in [3.05, 3.63) is 0 Å². The molecule has 0 rings (SSSR count). The third kappa shape index (κ3) is 15.5. The monoisotopic (exact) mass is 318 g/mol. The van der Waals surface area contributed by atoms with E-state index < -0.39 is 17.2 Å². The van der Waals surface area contributed by atoms with Gasteiger partial charge in [-0.2, -0.15) is 12.6 Å². The van der Waals surface area contributed by atoms with E-state index in [-0.39, 0.29) is 0 Å². The number of thiol groups is 1. The van der Waals surface area contributed by atoms with Gasteiger partial charge in [0.2, 0.25) is 0 Å². The van der Waals surface area contributed by atoms with Gasteiger partial charge in [-0.15, -0.1) is 0 Å². The van der Waals surface area contributed by atoms with Crippen molar-refractivity contribution in [1.82, 2.24) is 0 Å². The zero-order chi connectivity index (χ0) is 15.9. The molecule has 0 aromatic rings. The van der Waals surface area contributed by atoms with Crippen LogP contribution in [0.3, 0.4) is 0 Å². The molecule has 21 heavy (non-hydrogen) atoms. The first-order chi connectivity index (χ1) is 10.0. The summed E-state index contributed by atoms with van der Waals surface area (Å²) in [7, 11) is 0. The predicted molar refractivity (Wildman–Crippen MR) is 88.1 cm³/mol. The number of carbonyl (C=O) groups is 2.